The average molecular weight is 325 g/mol. The quantitative estimate of drug-likeness (QED) is 0.919. The Kier molecular flexibility index (Phi) is 5.04. The van der Waals surface area contributed by atoms with Gasteiger partial charge in [0.25, 0.3) is 0 Å². The molecule has 3 rings (SSSR count). The lowest BCUT2D eigenvalue weighted by Crippen LogP contribution is -2.38. The van der Waals surface area contributed by atoms with Crippen LogP contribution in [0.25, 0.3) is 0 Å². The van der Waals surface area contributed by atoms with E-state index in [9.17, 15) is 4.79 Å². The number of hydrogen-bond donors (Lipinski definition) is 1. The van der Waals surface area contributed by atoms with Gasteiger partial charge in [0.2, 0.25) is 5.91 Å². The Bertz CT molecular complexity index is 709. The van der Waals surface area contributed by atoms with Crippen LogP contribution in [-0.4, -0.2) is 26.2 Å². The van der Waals surface area contributed by atoms with Gasteiger partial charge >= 0.3 is 0 Å². The van der Waals surface area contributed by atoms with E-state index in [0.717, 1.165) is 23.5 Å². The van der Waals surface area contributed by atoms with Gasteiger partial charge in [-0.25, -0.2) is 0 Å². The highest BCUT2D eigenvalue weighted by Gasteiger charge is 2.26. The number of nitrogens with one attached hydrogen (secondary N) is 1. The standard InChI is InChI=1S/C20H23NO3/c1-14-3-5-15(6-4-14)9-10-21-20(22)17-11-16-12-18(23-2)7-8-19(16)24-13-17/h3-8,12,17H,9-11,13H2,1-2H3,(H,21,22)/t17-/m0/s1. The molecule has 1 atom stereocenters. The third-order valence-electron chi connectivity index (χ3n) is 4.38. The summed E-state index contributed by atoms with van der Waals surface area (Å²) in [5.74, 6) is 1.54. The van der Waals surface area contributed by atoms with Gasteiger partial charge in [-0.15, -0.1) is 0 Å². The SMILES string of the molecule is COc1ccc2c(c1)C[C@H](C(=O)NCCc1ccc(C)cc1)CO2. The summed E-state index contributed by atoms with van der Waals surface area (Å²) < 4.78 is 11.0. The van der Waals surface area contributed by atoms with Crippen molar-refractivity contribution in [3.05, 3.63) is 59.2 Å². The van der Waals surface area contributed by atoms with Crippen LogP contribution in [-0.2, 0) is 17.6 Å². The number of carbonyl (C=O) groups excluding carboxylic acids is 1. The zero-order valence-electron chi connectivity index (χ0n) is 14.2. The number of fused-ring (bicyclic) bond motifs is 1. The summed E-state index contributed by atoms with van der Waals surface area (Å²) in [5, 5.41) is 3.02. The first-order valence-corrected chi connectivity index (χ1v) is 8.28. The molecular formula is C20H23NO3. The summed E-state index contributed by atoms with van der Waals surface area (Å²) in [5.41, 5.74) is 3.51. The molecule has 0 bridgehead atoms. The minimum absolute atomic E-state index is 0.0515. The van der Waals surface area contributed by atoms with Crippen molar-refractivity contribution in [2.45, 2.75) is 19.8 Å². The Morgan fingerprint density at radius 2 is 2.04 bits per heavy atom. The molecule has 1 aliphatic heterocycles. The fourth-order valence-electron chi connectivity index (χ4n) is 2.90. The number of hydrogen-bond acceptors (Lipinski definition) is 3. The summed E-state index contributed by atoms with van der Waals surface area (Å²) in [6.07, 6.45) is 1.52. The van der Waals surface area contributed by atoms with Crippen molar-refractivity contribution < 1.29 is 14.3 Å². The number of amides is 1. The molecule has 24 heavy (non-hydrogen) atoms. The Hall–Kier alpha value is -2.49. The molecule has 0 spiro atoms. The van der Waals surface area contributed by atoms with Gasteiger partial charge in [-0.2, -0.15) is 0 Å². The predicted octanol–water partition coefficient (Wildman–Crippen LogP) is 2.91. The smallest absolute Gasteiger partial charge is 0.226 e. The predicted molar refractivity (Wildman–Crippen MR) is 93.6 cm³/mol. The summed E-state index contributed by atoms with van der Waals surface area (Å²) in [7, 11) is 1.64. The molecule has 4 nitrogen and oxygen atoms in total. The van der Waals surface area contributed by atoms with E-state index in [-0.39, 0.29) is 11.8 Å². The van der Waals surface area contributed by atoms with Crippen LogP contribution < -0.4 is 14.8 Å². The van der Waals surface area contributed by atoms with Crippen molar-refractivity contribution in [3.8, 4) is 11.5 Å². The second-order valence-corrected chi connectivity index (χ2v) is 6.21. The summed E-state index contributed by atoms with van der Waals surface area (Å²) >= 11 is 0. The van der Waals surface area contributed by atoms with E-state index in [1.807, 2.05) is 18.2 Å². The highest BCUT2D eigenvalue weighted by atomic mass is 16.5. The van der Waals surface area contributed by atoms with Crippen LogP contribution in [0.2, 0.25) is 0 Å². The molecule has 0 unspecified atom stereocenters. The van der Waals surface area contributed by atoms with Crippen LogP contribution >= 0.6 is 0 Å². The molecule has 126 valence electrons. The number of benzene rings is 2. The van der Waals surface area contributed by atoms with Crippen molar-refractivity contribution in [1.82, 2.24) is 5.32 Å². The lowest BCUT2D eigenvalue weighted by atomic mass is 9.95. The van der Waals surface area contributed by atoms with Gasteiger partial charge in [0.15, 0.2) is 0 Å². The molecule has 0 radical (unpaired) electrons. The van der Waals surface area contributed by atoms with E-state index in [1.165, 1.54) is 11.1 Å². The summed E-state index contributed by atoms with van der Waals surface area (Å²) in [6, 6.07) is 14.1. The molecule has 1 aliphatic rings. The van der Waals surface area contributed by atoms with E-state index >= 15 is 0 Å². The van der Waals surface area contributed by atoms with Crippen LogP contribution in [0.3, 0.4) is 0 Å². The maximum absolute atomic E-state index is 12.4. The van der Waals surface area contributed by atoms with Crippen LogP contribution in [0.15, 0.2) is 42.5 Å². The first-order chi connectivity index (χ1) is 11.7. The molecule has 0 saturated heterocycles. The van der Waals surface area contributed by atoms with Gasteiger partial charge in [-0.05, 0) is 49.1 Å². The number of methoxy groups -OCH3 is 1. The van der Waals surface area contributed by atoms with E-state index in [1.54, 1.807) is 7.11 Å². The maximum Gasteiger partial charge on any atom is 0.226 e. The third-order valence-corrected chi connectivity index (χ3v) is 4.38. The fraction of sp³-hybridized carbons (Fsp3) is 0.350. The van der Waals surface area contributed by atoms with Crippen LogP contribution in [0, 0.1) is 12.8 Å². The Morgan fingerprint density at radius 3 is 2.79 bits per heavy atom. The molecule has 0 saturated carbocycles. The Morgan fingerprint density at radius 1 is 1.25 bits per heavy atom. The normalized spacial score (nSPS) is 16.0. The molecule has 1 heterocycles. The van der Waals surface area contributed by atoms with Crippen molar-refractivity contribution in [3.63, 3.8) is 0 Å². The van der Waals surface area contributed by atoms with Crippen LogP contribution in [0.5, 0.6) is 11.5 Å². The van der Waals surface area contributed by atoms with Crippen molar-refractivity contribution in [2.24, 2.45) is 5.92 Å². The van der Waals surface area contributed by atoms with Gasteiger partial charge < -0.3 is 14.8 Å². The molecule has 4 heteroatoms. The van der Waals surface area contributed by atoms with Gasteiger partial charge in [0.1, 0.15) is 18.1 Å². The Balaban J connectivity index is 1.53. The van der Waals surface area contributed by atoms with Gasteiger partial charge in [-0.3, -0.25) is 4.79 Å². The molecule has 0 aromatic heterocycles. The van der Waals surface area contributed by atoms with Gasteiger partial charge in [0, 0.05) is 6.54 Å². The van der Waals surface area contributed by atoms with E-state index in [4.69, 9.17) is 9.47 Å². The largest absolute Gasteiger partial charge is 0.497 e. The number of ether oxygens (including phenoxy) is 2. The molecule has 0 aliphatic carbocycles. The molecular weight excluding hydrogens is 302 g/mol. The van der Waals surface area contributed by atoms with E-state index < -0.39 is 0 Å². The van der Waals surface area contributed by atoms with Crippen LogP contribution in [0.4, 0.5) is 0 Å². The zero-order valence-corrected chi connectivity index (χ0v) is 14.2. The van der Waals surface area contributed by atoms with E-state index in [0.29, 0.717) is 19.6 Å². The first kappa shape index (κ1) is 16.4. The minimum Gasteiger partial charge on any atom is -0.497 e. The van der Waals surface area contributed by atoms with Gasteiger partial charge in [-0.1, -0.05) is 29.8 Å². The maximum atomic E-state index is 12.4. The number of carbonyl (C=O) groups is 1. The average Bonchev–Trinajstić information content (AvgIpc) is 2.62. The number of aryl methyl sites for hydroxylation is 1. The topological polar surface area (TPSA) is 47.6 Å². The second kappa shape index (κ2) is 7.39. The molecule has 1 N–H and O–H groups in total. The molecule has 1 amide bonds. The molecule has 2 aromatic carbocycles. The summed E-state index contributed by atoms with van der Waals surface area (Å²) in [4.78, 5) is 12.4. The van der Waals surface area contributed by atoms with Crippen molar-refractivity contribution >= 4 is 5.91 Å². The first-order valence-electron chi connectivity index (χ1n) is 8.28. The second-order valence-electron chi connectivity index (χ2n) is 6.21. The number of rotatable bonds is 5. The lowest BCUT2D eigenvalue weighted by molar-refractivity contribution is -0.126. The van der Waals surface area contributed by atoms with Crippen molar-refractivity contribution in [2.75, 3.05) is 20.3 Å². The lowest BCUT2D eigenvalue weighted by Gasteiger charge is -2.25. The van der Waals surface area contributed by atoms with Crippen molar-refractivity contribution in [1.29, 1.82) is 0 Å². The van der Waals surface area contributed by atoms with Gasteiger partial charge in [0.05, 0.1) is 13.0 Å². The molecule has 2 aromatic rings. The monoisotopic (exact) mass is 325 g/mol. The molecule has 0 fully saturated rings. The minimum atomic E-state index is -0.150. The van der Waals surface area contributed by atoms with Crippen LogP contribution in [0.1, 0.15) is 16.7 Å². The summed E-state index contributed by atoms with van der Waals surface area (Å²) in [6.45, 7) is 3.14. The van der Waals surface area contributed by atoms with E-state index in [2.05, 4.69) is 36.5 Å². The zero-order chi connectivity index (χ0) is 16.9. The third kappa shape index (κ3) is 3.88. The Labute approximate surface area is 142 Å². The highest BCUT2D eigenvalue weighted by molar-refractivity contribution is 5.79. The fourth-order valence-corrected chi connectivity index (χ4v) is 2.90. The highest BCUT2D eigenvalue weighted by Crippen LogP contribution is 2.30.